The maximum Gasteiger partial charge on any atom is 0.224 e. The van der Waals surface area contributed by atoms with E-state index in [0.717, 1.165) is 36.8 Å². The first-order valence-electron chi connectivity index (χ1n) is 11.3. The Kier molecular flexibility index (Phi) is 11.6. The number of pyridine rings is 1. The third kappa shape index (κ3) is 7.51. The third-order valence-electron chi connectivity index (χ3n) is 5.45. The van der Waals surface area contributed by atoms with Gasteiger partial charge in [0, 0.05) is 37.9 Å². The van der Waals surface area contributed by atoms with Crippen LogP contribution >= 0.6 is 24.0 Å². The molecule has 1 aliphatic rings. The van der Waals surface area contributed by atoms with E-state index in [0.29, 0.717) is 30.8 Å². The van der Waals surface area contributed by atoms with Crippen LogP contribution in [0.4, 0.5) is 0 Å². The molecule has 0 radical (unpaired) electrons. The van der Waals surface area contributed by atoms with Crippen LogP contribution in [0.3, 0.4) is 0 Å². The van der Waals surface area contributed by atoms with E-state index < -0.39 is 0 Å². The van der Waals surface area contributed by atoms with Crippen LogP contribution in [0.15, 0.2) is 47.6 Å². The van der Waals surface area contributed by atoms with E-state index in [4.69, 9.17) is 9.47 Å². The molecule has 32 heavy (non-hydrogen) atoms. The standard InChI is InChI=1S/C24H35N5O2.HI/c1-4-16-30-21-12-6-7-13-22(21)31-23-19(10-8-14-26-23)17-27-24(25-3)28-18-20-11-9-15-29(20)5-2;/h6-8,10,12-14,20H,4-5,9,11,15-18H2,1-3H3,(H2,25,27,28);1H. The van der Waals surface area contributed by atoms with Crippen molar-refractivity contribution in [2.24, 2.45) is 4.99 Å². The highest BCUT2D eigenvalue weighted by Crippen LogP contribution is 2.31. The lowest BCUT2D eigenvalue weighted by Crippen LogP contribution is -2.44. The van der Waals surface area contributed by atoms with Crippen molar-refractivity contribution in [3.8, 4) is 17.4 Å². The van der Waals surface area contributed by atoms with Crippen LogP contribution in [0.25, 0.3) is 0 Å². The van der Waals surface area contributed by atoms with Gasteiger partial charge in [-0.15, -0.1) is 24.0 Å². The molecule has 1 aliphatic heterocycles. The van der Waals surface area contributed by atoms with Gasteiger partial charge in [0.1, 0.15) is 0 Å². The van der Waals surface area contributed by atoms with Gasteiger partial charge in [-0.2, -0.15) is 0 Å². The fraction of sp³-hybridized carbons (Fsp3) is 0.500. The van der Waals surface area contributed by atoms with Crippen LogP contribution in [-0.2, 0) is 6.54 Å². The molecule has 1 fully saturated rings. The lowest BCUT2D eigenvalue weighted by molar-refractivity contribution is 0.267. The molecule has 0 bridgehead atoms. The van der Waals surface area contributed by atoms with Crippen LogP contribution < -0.4 is 20.1 Å². The van der Waals surface area contributed by atoms with Crippen LogP contribution in [0, 0.1) is 0 Å². The highest BCUT2D eigenvalue weighted by atomic mass is 127. The molecule has 2 heterocycles. The summed E-state index contributed by atoms with van der Waals surface area (Å²) in [6, 6.07) is 12.2. The van der Waals surface area contributed by atoms with Crippen LogP contribution in [0.5, 0.6) is 17.4 Å². The number of aliphatic imine (C=N–C) groups is 1. The topological polar surface area (TPSA) is 71.0 Å². The Morgan fingerprint density at radius 3 is 2.72 bits per heavy atom. The molecule has 2 N–H and O–H groups in total. The molecule has 1 saturated heterocycles. The number of likely N-dealkylation sites (tertiary alicyclic amines) is 1. The van der Waals surface area contributed by atoms with E-state index in [-0.39, 0.29) is 24.0 Å². The highest BCUT2D eigenvalue weighted by molar-refractivity contribution is 14.0. The largest absolute Gasteiger partial charge is 0.490 e. The maximum absolute atomic E-state index is 6.13. The zero-order chi connectivity index (χ0) is 21.9. The third-order valence-corrected chi connectivity index (χ3v) is 5.45. The van der Waals surface area contributed by atoms with Crippen molar-refractivity contribution < 1.29 is 9.47 Å². The Bertz CT molecular complexity index is 849. The van der Waals surface area contributed by atoms with Gasteiger partial charge >= 0.3 is 0 Å². The molecule has 0 spiro atoms. The molecule has 3 rings (SSSR count). The van der Waals surface area contributed by atoms with Crippen molar-refractivity contribution in [1.29, 1.82) is 0 Å². The number of aromatic nitrogens is 1. The fourth-order valence-corrected chi connectivity index (χ4v) is 3.78. The number of halogens is 1. The summed E-state index contributed by atoms with van der Waals surface area (Å²) >= 11 is 0. The number of likely N-dealkylation sites (N-methyl/N-ethyl adjacent to an activating group) is 1. The average molecular weight is 553 g/mol. The molecule has 1 aromatic carbocycles. The van der Waals surface area contributed by atoms with E-state index in [9.17, 15) is 0 Å². The molecule has 7 nitrogen and oxygen atoms in total. The summed E-state index contributed by atoms with van der Waals surface area (Å²) in [6.45, 7) is 8.69. The monoisotopic (exact) mass is 553 g/mol. The zero-order valence-electron chi connectivity index (χ0n) is 19.3. The normalized spacial score (nSPS) is 16.3. The van der Waals surface area contributed by atoms with E-state index in [1.54, 1.807) is 13.2 Å². The number of nitrogens with one attached hydrogen (secondary N) is 2. The predicted molar refractivity (Wildman–Crippen MR) is 140 cm³/mol. The summed E-state index contributed by atoms with van der Waals surface area (Å²) < 4.78 is 11.9. The minimum Gasteiger partial charge on any atom is -0.490 e. The van der Waals surface area contributed by atoms with Gasteiger partial charge < -0.3 is 20.1 Å². The number of ether oxygens (including phenoxy) is 2. The highest BCUT2D eigenvalue weighted by Gasteiger charge is 2.22. The van der Waals surface area contributed by atoms with Crippen molar-refractivity contribution in [3.05, 3.63) is 48.2 Å². The molecule has 1 atom stereocenters. The molecule has 1 aromatic heterocycles. The molecule has 1 unspecified atom stereocenters. The lowest BCUT2D eigenvalue weighted by Gasteiger charge is -2.24. The van der Waals surface area contributed by atoms with Gasteiger partial charge in [0.15, 0.2) is 17.5 Å². The molecular weight excluding hydrogens is 517 g/mol. The number of benzene rings is 1. The smallest absolute Gasteiger partial charge is 0.224 e. The Hall–Kier alpha value is -2.07. The van der Waals surface area contributed by atoms with Gasteiger partial charge in [-0.3, -0.25) is 9.89 Å². The second-order valence-corrected chi connectivity index (χ2v) is 7.60. The van der Waals surface area contributed by atoms with Gasteiger partial charge in [-0.25, -0.2) is 4.98 Å². The van der Waals surface area contributed by atoms with Gasteiger partial charge in [0.05, 0.1) is 6.61 Å². The summed E-state index contributed by atoms with van der Waals surface area (Å²) in [7, 11) is 1.80. The number of nitrogens with zero attached hydrogens (tertiary/aromatic N) is 3. The molecule has 0 saturated carbocycles. The predicted octanol–water partition coefficient (Wildman–Crippen LogP) is 4.43. The SMILES string of the molecule is CCCOc1ccccc1Oc1ncccc1CNC(=NC)NCC1CCCN1CC.I. The van der Waals surface area contributed by atoms with Crippen molar-refractivity contribution in [2.45, 2.75) is 45.7 Å². The molecular formula is C24H36IN5O2. The summed E-state index contributed by atoms with van der Waals surface area (Å²) in [5.74, 6) is 2.73. The number of hydrogen-bond acceptors (Lipinski definition) is 5. The summed E-state index contributed by atoms with van der Waals surface area (Å²) in [4.78, 5) is 11.3. The minimum absolute atomic E-state index is 0. The first-order chi connectivity index (χ1) is 15.2. The molecule has 176 valence electrons. The number of para-hydroxylation sites is 2. The van der Waals surface area contributed by atoms with E-state index in [2.05, 4.69) is 39.4 Å². The Balaban J connectivity index is 0.00000363. The first-order valence-corrected chi connectivity index (χ1v) is 11.3. The van der Waals surface area contributed by atoms with Crippen molar-refractivity contribution in [3.63, 3.8) is 0 Å². The first kappa shape index (κ1) is 26.2. The van der Waals surface area contributed by atoms with E-state index in [1.165, 1.54) is 19.4 Å². The van der Waals surface area contributed by atoms with E-state index in [1.807, 2.05) is 36.4 Å². The number of hydrogen-bond donors (Lipinski definition) is 2. The quantitative estimate of drug-likeness (QED) is 0.258. The van der Waals surface area contributed by atoms with Crippen molar-refractivity contribution >= 4 is 29.9 Å². The average Bonchev–Trinajstić information content (AvgIpc) is 3.27. The zero-order valence-corrected chi connectivity index (χ0v) is 21.7. The van der Waals surface area contributed by atoms with Gasteiger partial charge in [0.2, 0.25) is 5.88 Å². The molecule has 0 aliphatic carbocycles. The summed E-state index contributed by atoms with van der Waals surface area (Å²) in [5.41, 5.74) is 0.951. The molecule has 2 aromatic rings. The second-order valence-electron chi connectivity index (χ2n) is 7.60. The Labute approximate surface area is 209 Å². The fourth-order valence-electron chi connectivity index (χ4n) is 3.78. The maximum atomic E-state index is 6.13. The second kappa shape index (κ2) is 14.2. The summed E-state index contributed by atoms with van der Waals surface area (Å²) in [6.07, 6.45) is 5.18. The number of guanidine groups is 1. The van der Waals surface area contributed by atoms with Crippen molar-refractivity contribution in [2.75, 3.05) is 33.3 Å². The van der Waals surface area contributed by atoms with Crippen LogP contribution in [-0.4, -0.2) is 55.2 Å². The Morgan fingerprint density at radius 1 is 1.16 bits per heavy atom. The minimum atomic E-state index is 0. The van der Waals surface area contributed by atoms with Gasteiger partial charge in [0.25, 0.3) is 0 Å². The summed E-state index contributed by atoms with van der Waals surface area (Å²) in [5, 5.41) is 6.85. The van der Waals surface area contributed by atoms with Crippen LogP contribution in [0.1, 0.15) is 38.7 Å². The van der Waals surface area contributed by atoms with Gasteiger partial charge in [-0.1, -0.05) is 32.0 Å². The molecule has 8 heteroatoms. The number of rotatable bonds is 10. The molecule has 0 amide bonds. The van der Waals surface area contributed by atoms with Crippen LogP contribution in [0.2, 0.25) is 0 Å². The van der Waals surface area contributed by atoms with Crippen molar-refractivity contribution in [1.82, 2.24) is 20.5 Å². The van der Waals surface area contributed by atoms with Gasteiger partial charge in [-0.05, 0) is 50.6 Å². The lowest BCUT2D eigenvalue weighted by atomic mass is 10.2. The Morgan fingerprint density at radius 2 is 1.97 bits per heavy atom. The van der Waals surface area contributed by atoms with E-state index >= 15 is 0 Å².